The molecule has 1 heterocycles. The number of carboxylic acid groups (broad SMARTS) is 1. The van der Waals surface area contributed by atoms with Gasteiger partial charge in [0, 0.05) is 12.5 Å². The molecule has 22 heavy (non-hydrogen) atoms. The van der Waals surface area contributed by atoms with Crippen LogP contribution in [-0.4, -0.2) is 27.6 Å². The normalized spacial score (nSPS) is 16.6. The first-order valence-corrected chi connectivity index (χ1v) is 8.27. The standard InChI is InChI=1S/C14H11Cl2NO3S2/c15-9-4-1-3-8(12(9)16)7-10-13(20)17(14(21)22-10)6-2-5-11(18)19/h1,3-4,7H,2,5-6H2,(H,18,19)/p-1/b10-7+. The van der Waals surface area contributed by atoms with Gasteiger partial charge in [-0.2, -0.15) is 0 Å². The molecule has 1 amide bonds. The second kappa shape index (κ2) is 7.46. The van der Waals surface area contributed by atoms with Crippen molar-refractivity contribution in [3.63, 3.8) is 0 Å². The van der Waals surface area contributed by atoms with Crippen LogP contribution in [0.15, 0.2) is 23.1 Å². The van der Waals surface area contributed by atoms with Crippen LogP contribution < -0.4 is 5.11 Å². The topological polar surface area (TPSA) is 60.4 Å². The van der Waals surface area contributed by atoms with Crippen molar-refractivity contribution < 1.29 is 14.7 Å². The largest absolute Gasteiger partial charge is 0.550 e. The van der Waals surface area contributed by atoms with E-state index in [9.17, 15) is 14.7 Å². The molecular weight excluding hydrogens is 365 g/mol. The molecule has 2 rings (SSSR count). The first-order valence-electron chi connectivity index (χ1n) is 6.29. The van der Waals surface area contributed by atoms with E-state index in [1.165, 1.54) is 4.90 Å². The van der Waals surface area contributed by atoms with Gasteiger partial charge in [0.1, 0.15) is 4.32 Å². The zero-order valence-electron chi connectivity index (χ0n) is 11.2. The lowest BCUT2D eigenvalue weighted by Crippen LogP contribution is -2.30. The fourth-order valence-electron chi connectivity index (χ4n) is 1.85. The monoisotopic (exact) mass is 374 g/mol. The SMILES string of the molecule is O=C([O-])CCCN1C(=O)/C(=C\c2cccc(Cl)c2Cl)SC1=S. The first kappa shape index (κ1) is 17.3. The Kier molecular flexibility index (Phi) is 5.86. The first-order chi connectivity index (χ1) is 10.4. The van der Waals surface area contributed by atoms with Gasteiger partial charge in [-0.1, -0.05) is 59.3 Å². The van der Waals surface area contributed by atoms with Crippen molar-refractivity contribution in [2.24, 2.45) is 0 Å². The summed E-state index contributed by atoms with van der Waals surface area (Å²) in [4.78, 5) is 24.5. The number of rotatable bonds is 5. The Labute approximate surface area is 147 Å². The number of carboxylic acids is 1. The molecule has 0 unspecified atom stereocenters. The Hall–Kier alpha value is -1.08. The van der Waals surface area contributed by atoms with Crippen LogP contribution in [0.5, 0.6) is 0 Å². The van der Waals surface area contributed by atoms with Crippen LogP contribution in [0.2, 0.25) is 10.0 Å². The number of halogens is 2. The van der Waals surface area contributed by atoms with E-state index in [1.807, 2.05) is 0 Å². The molecule has 0 saturated carbocycles. The molecule has 0 N–H and O–H groups in total. The Morgan fingerprint density at radius 1 is 1.41 bits per heavy atom. The molecule has 4 nitrogen and oxygen atoms in total. The van der Waals surface area contributed by atoms with Crippen molar-refractivity contribution in [1.29, 1.82) is 0 Å². The van der Waals surface area contributed by atoms with Crippen LogP contribution in [0.25, 0.3) is 6.08 Å². The van der Waals surface area contributed by atoms with E-state index in [0.29, 0.717) is 31.3 Å². The molecule has 1 aromatic rings. The van der Waals surface area contributed by atoms with Gasteiger partial charge >= 0.3 is 0 Å². The Morgan fingerprint density at radius 3 is 2.82 bits per heavy atom. The number of hydrogen-bond acceptors (Lipinski definition) is 5. The second-order valence-electron chi connectivity index (χ2n) is 4.45. The van der Waals surface area contributed by atoms with Gasteiger partial charge in [0.2, 0.25) is 0 Å². The summed E-state index contributed by atoms with van der Waals surface area (Å²) in [6.45, 7) is 0.249. The number of thiocarbonyl (C=S) groups is 1. The maximum Gasteiger partial charge on any atom is 0.266 e. The Bertz CT molecular complexity index is 676. The van der Waals surface area contributed by atoms with Crippen molar-refractivity contribution in [1.82, 2.24) is 4.90 Å². The fraction of sp³-hybridized carbons (Fsp3) is 0.214. The molecule has 0 spiro atoms. The van der Waals surface area contributed by atoms with E-state index in [2.05, 4.69) is 0 Å². The van der Waals surface area contributed by atoms with Crippen LogP contribution in [0.1, 0.15) is 18.4 Å². The third-order valence-corrected chi connectivity index (χ3v) is 5.12. The number of hydrogen-bond donors (Lipinski definition) is 0. The van der Waals surface area contributed by atoms with Gasteiger partial charge in [0.25, 0.3) is 5.91 Å². The molecule has 0 aliphatic carbocycles. The summed E-state index contributed by atoms with van der Waals surface area (Å²) in [6.07, 6.45) is 1.81. The van der Waals surface area contributed by atoms with E-state index >= 15 is 0 Å². The fourth-order valence-corrected chi connectivity index (χ4v) is 3.51. The van der Waals surface area contributed by atoms with Crippen molar-refractivity contribution in [3.05, 3.63) is 38.7 Å². The van der Waals surface area contributed by atoms with Gasteiger partial charge in [-0.05, 0) is 30.5 Å². The van der Waals surface area contributed by atoms with Gasteiger partial charge < -0.3 is 9.90 Å². The molecule has 1 aromatic carbocycles. The molecule has 1 aliphatic heterocycles. The number of thioether (sulfide) groups is 1. The van der Waals surface area contributed by atoms with E-state index in [1.54, 1.807) is 24.3 Å². The molecule has 8 heteroatoms. The van der Waals surface area contributed by atoms with Gasteiger partial charge in [-0.3, -0.25) is 9.69 Å². The summed E-state index contributed by atoms with van der Waals surface area (Å²) < 4.78 is 0.396. The van der Waals surface area contributed by atoms with Crippen molar-refractivity contribution in [2.75, 3.05) is 6.54 Å². The molecule has 0 atom stereocenters. The van der Waals surface area contributed by atoms with E-state index in [0.717, 1.165) is 11.8 Å². The minimum atomic E-state index is -1.15. The Morgan fingerprint density at radius 2 is 2.14 bits per heavy atom. The number of aliphatic carboxylic acids is 1. The zero-order valence-corrected chi connectivity index (χ0v) is 14.3. The minimum absolute atomic E-state index is 0.115. The van der Waals surface area contributed by atoms with Crippen molar-refractivity contribution in [3.8, 4) is 0 Å². The summed E-state index contributed by atoms with van der Waals surface area (Å²) in [7, 11) is 0. The molecule has 116 valence electrons. The predicted octanol–water partition coefficient (Wildman–Crippen LogP) is 2.72. The number of amides is 1. The van der Waals surface area contributed by atoms with Crippen LogP contribution in [0.4, 0.5) is 0 Å². The summed E-state index contributed by atoms with van der Waals surface area (Å²) in [5.41, 5.74) is 0.629. The number of benzene rings is 1. The van der Waals surface area contributed by atoms with E-state index < -0.39 is 5.97 Å². The molecule has 0 aromatic heterocycles. The summed E-state index contributed by atoms with van der Waals surface area (Å²) in [6, 6.07) is 5.14. The molecule has 1 fully saturated rings. The Balaban J connectivity index is 2.15. The van der Waals surface area contributed by atoms with E-state index in [-0.39, 0.29) is 18.9 Å². The molecule has 0 bridgehead atoms. The zero-order chi connectivity index (χ0) is 16.3. The summed E-state index contributed by atoms with van der Waals surface area (Å²) >= 11 is 18.3. The highest BCUT2D eigenvalue weighted by atomic mass is 35.5. The molecular formula is C14H10Cl2NO3S2-. The maximum absolute atomic E-state index is 12.3. The van der Waals surface area contributed by atoms with E-state index in [4.69, 9.17) is 35.4 Å². The lowest BCUT2D eigenvalue weighted by atomic mass is 10.2. The highest BCUT2D eigenvalue weighted by molar-refractivity contribution is 8.26. The molecule has 1 aliphatic rings. The minimum Gasteiger partial charge on any atom is -0.550 e. The predicted molar refractivity (Wildman–Crippen MR) is 90.6 cm³/mol. The van der Waals surface area contributed by atoms with Gasteiger partial charge in [0.15, 0.2) is 0 Å². The quantitative estimate of drug-likeness (QED) is 0.585. The molecule has 1 saturated heterocycles. The third-order valence-electron chi connectivity index (χ3n) is 2.90. The lowest BCUT2D eigenvalue weighted by Gasteiger charge is -2.14. The van der Waals surface area contributed by atoms with Crippen LogP contribution in [-0.2, 0) is 9.59 Å². The van der Waals surface area contributed by atoms with Crippen LogP contribution >= 0.6 is 47.2 Å². The summed E-state index contributed by atoms with van der Waals surface area (Å²) in [5, 5.41) is 11.2. The van der Waals surface area contributed by atoms with Gasteiger partial charge in [0.05, 0.1) is 15.0 Å². The average molecular weight is 375 g/mol. The summed E-state index contributed by atoms with van der Waals surface area (Å²) in [5.74, 6) is -1.41. The third kappa shape index (κ3) is 4.01. The highest BCUT2D eigenvalue weighted by Gasteiger charge is 2.31. The van der Waals surface area contributed by atoms with Crippen molar-refractivity contribution >= 4 is 69.5 Å². The molecule has 0 radical (unpaired) electrons. The lowest BCUT2D eigenvalue weighted by molar-refractivity contribution is -0.305. The van der Waals surface area contributed by atoms with Gasteiger partial charge in [-0.25, -0.2) is 0 Å². The number of nitrogens with zero attached hydrogens (tertiary/aromatic N) is 1. The average Bonchev–Trinajstić information content (AvgIpc) is 2.71. The smallest absolute Gasteiger partial charge is 0.266 e. The van der Waals surface area contributed by atoms with Gasteiger partial charge in [-0.15, -0.1) is 0 Å². The number of carbonyl (C=O) groups excluding carboxylic acids is 2. The highest BCUT2D eigenvalue weighted by Crippen LogP contribution is 2.35. The van der Waals surface area contributed by atoms with Crippen LogP contribution in [0, 0.1) is 0 Å². The maximum atomic E-state index is 12.3. The van der Waals surface area contributed by atoms with Crippen molar-refractivity contribution in [2.45, 2.75) is 12.8 Å². The van der Waals surface area contributed by atoms with Crippen LogP contribution in [0.3, 0.4) is 0 Å². The number of carbonyl (C=O) groups is 2. The second-order valence-corrected chi connectivity index (χ2v) is 6.91.